The van der Waals surface area contributed by atoms with Crippen LogP contribution in [0.1, 0.15) is 18.0 Å². The van der Waals surface area contributed by atoms with Crippen LogP contribution in [0, 0.1) is 0 Å². The lowest BCUT2D eigenvalue weighted by molar-refractivity contribution is 0.190. The lowest BCUT2D eigenvalue weighted by atomic mass is 9.99. The number of nitrogens with two attached hydrogens (primary N) is 1. The van der Waals surface area contributed by atoms with Gasteiger partial charge >= 0.3 is 6.09 Å². The van der Waals surface area contributed by atoms with E-state index in [1.165, 1.54) is 0 Å². The van der Waals surface area contributed by atoms with Crippen LogP contribution in [-0.4, -0.2) is 16.2 Å². The van der Waals surface area contributed by atoms with Crippen molar-refractivity contribution in [1.82, 2.24) is 10.3 Å². The van der Waals surface area contributed by atoms with Crippen LogP contribution in [0.5, 0.6) is 0 Å². The Kier molecular flexibility index (Phi) is 4.56. The van der Waals surface area contributed by atoms with Crippen LogP contribution in [-0.2, 0) is 0 Å². The topological polar surface area (TPSA) is 88.2 Å². The number of amides is 1. The zero-order valence-electron chi connectivity index (χ0n) is 11.5. The first-order valence-corrected chi connectivity index (χ1v) is 6.53. The quantitative estimate of drug-likeness (QED) is 0.735. The first-order valence-electron chi connectivity index (χ1n) is 6.53. The van der Waals surface area contributed by atoms with Crippen LogP contribution in [0.2, 0.25) is 0 Å². The predicted octanol–water partition coefficient (Wildman–Crippen LogP) is 3.22. The van der Waals surface area contributed by atoms with Gasteiger partial charge in [-0.1, -0.05) is 24.3 Å². The Balaban J connectivity index is 2.38. The fourth-order valence-corrected chi connectivity index (χ4v) is 2.16. The normalized spacial score (nSPS) is 11.6. The van der Waals surface area contributed by atoms with Gasteiger partial charge in [-0.2, -0.15) is 0 Å². The summed E-state index contributed by atoms with van der Waals surface area (Å²) < 4.78 is 0. The second kappa shape index (κ2) is 6.56. The molecule has 2 rings (SSSR count). The summed E-state index contributed by atoms with van der Waals surface area (Å²) in [6.45, 7) is 3.66. The Morgan fingerprint density at radius 2 is 2.24 bits per heavy atom. The number of hydrogen-bond donors (Lipinski definition) is 3. The number of benzene rings is 1. The number of carbonyl (C=O) groups is 1. The molecule has 1 aromatic heterocycles. The molecule has 0 fully saturated rings. The maximum atomic E-state index is 10.9. The van der Waals surface area contributed by atoms with E-state index in [0.29, 0.717) is 17.8 Å². The van der Waals surface area contributed by atoms with Gasteiger partial charge in [0.25, 0.3) is 0 Å². The molecule has 0 spiro atoms. The van der Waals surface area contributed by atoms with Gasteiger partial charge in [-0.3, -0.25) is 4.98 Å². The summed E-state index contributed by atoms with van der Waals surface area (Å²) in [5.74, 6) is 0. The SMILES string of the molecule is C=CCC(NC(=O)O)c1cccc(-c2ncccc2N)c1. The third-order valence-corrected chi connectivity index (χ3v) is 3.10. The maximum absolute atomic E-state index is 10.9. The van der Waals surface area contributed by atoms with Gasteiger partial charge in [0.2, 0.25) is 0 Å². The van der Waals surface area contributed by atoms with Crippen LogP contribution in [0.25, 0.3) is 11.3 Å². The molecule has 0 aliphatic rings. The molecule has 2 aromatic rings. The molecule has 1 amide bonds. The van der Waals surface area contributed by atoms with Gasteiger partial charge in [0, 0.05) is 11.8 Å². The van der Waals surface area contributed by atoms with Crippen molar-refractivity contribution in [3.8, 4) is 11.3 Å². The van der Waals surface area contributed by atoms with Crippen LogP contribution in [0.4, 0.5) is 10.5 Å². The smallest absolute Gasteiger partial charge is 0.405 e. The second-order valence-electron chi connectivity index (χ2n) is 4.59. The third kappa shape index (κ3) is 3.60. The molecule has 0 bridgehead atoms. The van der Waals surface area contributed by atoms with E-state index in [4.69, 9.17) is 10.8 Å². The molecule has 0 saturated heterocycles. The number of aromatic nitrogens is 1. The van der Waals surface area contributed by atoms with Crippen molar-refractivity contribution in [2.75, 3.05) is 5.73 Å². The number of pyridine rings is 1. The summed E-state index contributed by atoms with van der Waals surface area (Å²) in [7, 11) is 0. The number of rotatable bonds is 5. The Morgan fingerprint density at radius 1 is 1.43 bits per heavy atom. The number of hydrogen-bond acceptors (Lipinski definition) is 3. The number of nitrogens with zero attached hydrogens (tertiary/aromatic N) is 1. The van der Waals surface area contributed by atoms with Crippen LogP contribution in [0.15, 0.2) is 55.3 Å². The number of nitrogen functional groups attached to an aromatic ring is 1. The predicted molar refractivity (Wildman–Crippen MR) is 82.8 cm³/mol. The van der Waals surface area contributed by atoms with Crippen molar-refractivity contribution >= 4 is 11.8 Å². The van der Waals surface area contributed by atoms with Gasteiger partial charge in [0.1, 0.15) is 0 Å². The summed E-state index contributed by atoms with van der Waals surface area (Å²) in [5.41, 5.74) is 8.90. The van der Waals surface area contributed by atoms with Crippen molar-refractivity contribution in [2.24, 2.45) is 0 Å². The van der Waals surface area contributed by atoms with Gasteiger partial charge in [-0.05, 0) is 30.2 Å². The Bertz CT molecular complexity index is 655. The Hall–Kier alpha value is -2.82. The molecular weight excluding hydrogens is 266 g/mol. The maximum Gasteiger partial charge on any atom is 0.405 e. The van der Waals surface area contributed by atoms with Crippen molar-refractivity contribution in [3.05, 3.63) is 60.8 Å². The molecule has 5 nitrogen and oxygen atoms in total. The largest absolute Gasteiger partial charge is 0.465 e. The number of carboxylic acid groups (broad SMARTS) is 1. The van der Waals surface area contributed by atoms with E-state index in [-0.39, 0.29) is 6.04 Å². The summed E-state index contributed by atoms with van der Waals surface area (Å²) in [6.07, 6.45) is 2.80. The number of anilines is 1. The first-order chi connectivity index (χ1) is 10.1. The molecule has 108 valence electrons. The highest BCUT2D eigenvalue weighted by molar-refractivity contribution is 5.73. The minimum Gasteiger partial charge on any atom is -0.465 e. The highest BCUT2D eigenvalue weighted by Crippen LogP contribution is 2.27. The summed E-state index contributed by atoms with van der Waals surface area (Å²) in [5, 5.41) is 11.4. The molecule has 0 saturated carbocycles. The monoisotopic (exact) mass is 283 g/mol. The summed E-state index contributed by atoms with van der Waals surface area (Å²) in [4.78, 5) is 15.2. The van der Waals surface area contributed by atoms with E-state index in [0.717, 1.165) is 11.1 Å². The molecule has 0 aliphatic carbocycles. The zero-order chi connectivity index (χ0) is 15.2. The molecule has 4 N–H and O–H groups in total. The molecule has 1 unspecified atom stereocenters. The zero-order valence-corrected chi connectivity index (χ0v) is 11.5. The highest BCUT2D eigenvalue weighted by Gasteiger charge is 2.14. The highest BCUT2D eigenvalue weighted by atomic mass is 16.4. The van der Waals surface area contributed by atoms with Crippen LogP contribution < -0.4 is 11.1 Å². The van der Waals surface area contributed by atoms with Gasteiger partial charge in [0.15, 0.2) is 0 Å². The second-order valence-corrected chi connectivity index (χ2v) is 4.59. The molecule has 1 heterocycles. The molecule has 1 atom stereocenters. The Labute approximate surface area is 123 Å². The molecule has 0 radical (unpaired) electrons. The molecule has 5 heteroatoms. The van der Waals surface area contributed by atoms with Crippen molar-refractivity contribution in [1.29, 1.82) is 0 Å². The summed E-state index contributed by atoms with van der Waals surface area (Å²) >= 11 is 0. The van der Waals surface area contributed by atoms with E-state index in [9.17, 15) is 4.79 Å². The average molecular weight is 283 g/mol. The third-order valence-electron chi connectivity index (χ3n) is 3.10. The summed E-state index contributed by atoms with van der Waals surface area (Å²) in [6, 6.07) is 10.7. The van der Waals surface area contributed by atoms with Crippen LogP contribution in [0.3, 0.4) is 0 Å². The van der Waals surface area contributed by atoms with Gasteiger partial charge in [-0.25, -0.2) is 4.79 Å². The lowest BCUT2D eigenvalue weighted by Crippen LogP contribution is -2.26. The molecule has 1 aromatic carbocycles. The molecular formula is C16H17N3O2. The van der Waals surface area contributed by atoms with Gasteiger partial charge in [-0.15, -0.1) is 6.58 Å². The standard InChI is InChI=1S/C16H17N3O2/c1-2-5-14(19-16(20)21)11-6-3-7-12(10-11)15-13(17)8-4-9-18-15/h2-4,6-10,14,19H,1,5,17H2,(H,20,21). The van der Waals surface area contributed by atoms with E-state index >= 15 is 0 Å². The van der Waals surface area contributed by atoms with E-state index in [2.05, 4.69) is 16.9 Å². The van der Waals surface area contributed by atoms with Crippen molar-refractivity contribution in [2.45, 2.75) is 12.5 Å². The molecule has 21 heavy (non-hydrogen) atoms. The fourth-order valence-electron chi connectivity index (χ4n) is 2.16. The fraction of sp³-hybridized carbons (Fsp3) is 0.125. The van der Waals surface area contributed by atoms with Crippen molar-refractivity contribution < 1.29 is 9.90 Å². The Morgan fingerprint density at radius 3 is 2.90 bits per heavy atom. The van der Waals surface area contributed by atoms with E-state index in [1.807, 2.05) is 24.3 Å². The minimum atomic E-state index is -1.07. The average Bonchev–Trinajstić information content (AvgIpc) is 2.47. The van der Waals surface area contributed by atoms with E-state index < -0.39 is 6.09 Å². The number of nitrogens with one attached hydrogen (secondary N) is 1. The van der Waals surface area contributed by atoms with E-state index in [1.54, 1.807) is 24.4 Å². The van der Waals surface area contributed by atoms with Gasteiger partial charge < -0.3 is 16.2 Å². The lowest BCUT2D eigenvalue weighted by Gasteiger charge is -2.16. The molecule has 0 aliphatic heterocycles. The first kappa shape index (κ1) is 14.6. The minimum absolute atomic E-state index is 0.343. The van der Waals surface area contributed by atoms with Crippen LogP contribution >= 0.6 is 0 Å². The van der Waals surface area contributed by atoms with Crippen molar-refractivity contribution in [3.63, 3.8) is 0 Å². The van der Waals surface area contributed by atoms with Gasteiger partial charge in [0.05, 0.1) is 17.4 Å².